The Morgan fingerprint density at radius 1 is 1.27 bits per heavy atom. The molecule has 1 aromatic carbocycles. The van der Waals surface area contributed by atoms with E-state index in [0.717, 1.165) is 17.4 Å². The summed E-state index contributed by atoms with van der Waals surface area (Å²) in [5.41, 5.74) is 0.326. The first-order valence-electron chi connectivity index (χ1n) is 6.39. The maximum absolute atomic E-state index is 12.2. The van der Waals surface area contributed by atoms with Crippen LogP contribution in [0.1, 0.15) is 24.2 Å². The molecule has 2 N–H and O–H groups in total. The normalized spacial score (nSPS) is 11.4. The van der Waals surface area contributed by atoms with Gasteiger partial charge in [0.05, 0.1) is 11.7 Å². The van der Waals surface area contributed by atoms with Gasteiger partial charge in [-0.3, -0.25) is 4.72 Å². The fraction of sp³-hybridized carbons (Fsp3) is 0.214. The highest BCUT2D eigenvalue weighted by molar-refractivity contribution is 7.94. The second-order valence-electron chi connectivity index (χ2n) is 4.76. The van der Waals surface area contributed by atoms with Gasteiger partial charge in [-0.05, 0) is 44.2 Å². The summed E-state index contributed by atoms with van der Waals surface area (Å²) >= 11 is 0.860. The SMILES string of the molecule is CC(C)Oc1ccc(NS(=O)(=O)c2cc(C(=O)O)cs2)cc1. The molecule has 2 aromatic rings. The predicted molar refractivity (Wildman–Crippen MR) is 84.3 cm³/mol. The van der Waals surface area contributed by atoms with Crippen molar-refractivity contribution in [2.24, 2.45) is 0 Å². The van der Waals surface area contributed by atoms with Crippen LogP contribution in [0.3, 0.4) is 0 Å². The van der Waals surface area contributed by atoms with Crippen molar-refractivity contribution >= 4 is 33.0 Å². The molecular weight excluding hydrogens is 326 g/mol. The molecule has 0 amide bonds. The lowest BCUT2D eigenvalue weighted by atomic mass is 10.3. The molecule has 0 aliphatic heterocycles. The molecule has 0 radical (unpaired) electrons. The number of benzene rings is 1. The van der Waals surface area contributed by atoms with Crippen molar-refractivity contribution in [3.63, 3.8) is 0 Å². The summed E-state index contributed by atoms with van der Waals surface area (Å²) in [6.07, 6.45) is 0.0306. The minimum Gasteiger partial charge on any atom is -0.491 e. The van der Waals surface area contributed by atoms with Crippen LogP contribution in [0.4, 0.5) is 5.69 Å². The highest BCUT2D eigenvalue weighted by Crippen LogP contribution is 2.24. The summed E-state index contributed by atoms with van der Waals surface area (Å²) in [6.45, 7) is 3.79. The molecule has 22 heavy (non-hydrogen) atoms. The number of carbonyl (C=O) groups is 1. The van der Waals surface area contributed by atoms with Gasteiger partial charge in [0, 0.05) is 11.1 Å². The van der Waals surface area contributed by atoms with E-state index in [1.165, 1.54) is 5.38 Å². The molecular formula is C14H15NO5S2. The van der Waals surface area contributed by atoms with Crippen molar-refractivity contribution in [1.29, 1.82) is 0 Å². The van der Waals surface area contributed by atoms with Gasteiger partial charge in [0.2, 0.25) is 0 Å². The molecule has 6 nitrogen and oxygen atoms in total. The van der Waals surface area contributed by atoms with E-state index in [1.54, 1.807) is 24.3 Å². The second kappa shape index (κ2) is 6.37. The van der Waals surface area contributed by atoms with Gasteiger partial charge in [0.1, 0.15) is 9.96 Å². The quantitative estimate of drug-likeness (QED) is 0.842. The van der Waals surface area contributed by atoms with Crippen LogP contribution >= 0.6 is 11.3 Å². The number of ether oxygens (including phenoxy) is 1. The summed E-state index contributed by atoms with van der Waals surface area (Å²) in [6, 6.07) is 7.62. The van der Waals surface area contributed by atoms with E-state index in [0.29, 0.717) is 11.4 Å². The first kappa shape index (κ1) is 16.3. The average Bonchev–Trinajstić information content (AvgIpc) is 2.91. The molecule has 0 atom stereocenters. The Kier molecular flexibility index (Phi) is 4.72. The van der Waals surface area contributed by atoms with Crippen LogP contribution in [0.5, 0.6) is 5.75 Å². The zero-order valence-electron chi connectivity index (χ0n) is 11.9. The number of aromatic carboxylic acids is 1. The monoisotopic (exact) mass is 341 g/mol. The van der Waals surface area contributed by atoms with Crippen LogP contribution in [-0.2, 0) is 10.0 Å². The summed E-state index contributed by atoms with van der Waals surface area (Å²) < 4.78 is 32.2. The van der Waals surface area contributed by atoms with Crippen LogP contribution < -0.4 is 9.46 Å². The first-order valence-corrected chi connectivity index (χ1v) is 8.75. The lowest BCUT2D eigenvalue weighted by molar-refractivity contribution is 0.0697. The molecule has 8 heteroatoms. The Morgan fingerprint density at radius 2 is 1.91 bits per heavy atom. The van der Waals surface area contributed by atoms with Gasteiger partial charge in [0.25, 0.3) is 10.0 Å². The number of carboxylic acids is 1. The molecule has 0 fully saturated rings. The molecule has 2 rings (SSSR count). The van der Waals surface area contributed by atoms with Crippen LogP contribution in [0, 0.1) is 0 Å². The van der Waals surface area contributed by atoms with Crippen LogP contribution in [-0.4, -0.2) is 25.6 Å². The van der Waals surface area contributed by atoms with E-state index in [4.69, 9.17) is 9.84 Å². The maximum Gasteiger partial charge on any atom is 0.336 e. The summed E-state index contributed by atoms with van der Waals surface area (Å²) in [5.74, 6) is -0.518. The second-order valence-corrected chi connectivity index (χ2v) is 7.58. The van der Waals surface area contributed by atoms with Crippen molar-refractivity contribution in [1.82, 2.24) is 0 Å². The molecule has 0 spiro atoms. The smallest absolute Gasteiger partial charge is 0.336 e. The minimum absolute atomic E-state index is 0.0306. The molecule has 0 unspecified atom stereocenters. The Labute approximate surface area is 132 Å². The van der Waals surface area contributed by atoms with E-state index in [1.807, 2.05) is 13.8 Å². The Hall–Kier alpha value is -2.06. The van der Waals surface area contributed by atoms with E-state index >= 15 is 0 Å². The van der Waals surface area contributed by atoms with Gasteiger partial charge >= 0.3 is 5.97 Å². The zero-order valence-corrected chi connectivity index (χ0v) is 13.6. The molecule has 1 heterocycles. The van der Waals surface area contributed by atoms with Crippen molar-refractivity contribution < 1.29 is 23.1 Å². The number of sulfonamides is 1. The number of thiophene rings is 1. The standard InChI is InChI=1S/C14H15NO5S2/c1-9(2)20-12-5-3-11(4-6-12)15-22(18,19)13-7-10(8-21-13)14(16)17/h3-9,15H,1-2H3,(H,16,17). The lowest BCUT2D eigenvalue weighted by Gasteiger charge is -2.11. The zero-order chi connectivity index (χ0) is 16.3. The van der Waals surface area contributed by atoms with Crippen LogP contribution in [0.25, 0.3) is 0 Å². The summed E-state index contributed by atoms with van der Waals surface area (Å²) in [4.78, 5) is 10.8. The molecule has 0 aliphatic rings. The summed E-state index contributed by atoms with van der Waals surface area (Å²) in [7, 11) is -3.80. The van der Waals surface area contributed by atoms with Crippen LogP contribution in [0.2, 0.25) is 0 Å². The maximum atomic E-state index is 12.2. The molecule has 1 aromatic heterocycles. The van der Waals surface area contributed by atoms with Gasteiger partial charge < -0.3 is 9.84 Å². The van der Waals surface area contributed by atoms with Gasteiger partial charge in [-0.15, -0.1) is 11.3 Å². The van der Waals surface area contributed by atoms with E-state index in [2.05, 4.69) is 4.72 Å². The predicted octanol–water partition coefficient (Wildman–Crippen LogP) is 3.03. The first-order chi connectivity index (χ1) is 10.3. The largest absolute Gasteiger partial charge is 0.491 e. The van der Waals surface area contributed by atoms with E-state index in [-0.39, 0.29) is 15.9 Å². The van der Waals surface area contributed by atoms with Crippen molar-refractivity contribution in [2.75, 3.05) is 4.72 Å². The Morgan fingerprint density at radius 3 is 2.41 bits per heavy atom. The number of hydrogen-bond donors (Lipinski definition) is 2. The highest BCUT2D eigenvalue weighted by atomic mass is 32.2. The third-order valence-corrected chi connectivity index (χ3v) is 5.39. The van der Waals surface area contributed by atoms with Gasteiger partial charge in [-0.2, -0.15) is 0 Å². The fourth-order valence-corrected chi connectivity index (χ4v) is 3.86. The van der Waals surface area contributed by atoms with Crippen molar-refractivity contribution in [2.45, 2.75) is 24.2 Å². The van der Waals surface area contributed by atoms with Crippen LogP contribution in [0.15, 0.2) is 39.9 Å². The third-order valence-electron chi connectivity index (χ3n) is 2.57. The van der Waals surface area contributed by atoms with E-state index < -0.39 is 16.0 Å². The molecule has 0 saturated carbocycles. The van der Waals surface area contributed by atoms with Crippen molar-refractivity contribution in [3.05, 3.63) is 41.3 Å². The molecule has 0 aliphatic carbocycles. The minimum atomic E-state index is -3.80. The van der Waals surface area contributed by atoms with E-state index in [9.17, 15) is 13.2 Å². The number of nitrogens with one attached hydrogen (secondary N) is 1. The lowest BCUT2D eigenvalue weighted by Crippen LogP contribution is -2.11. The molecule has 0 bridgehead atoms. The molecule has 118 valence electrons. The Balaban J connectivity index is 2.15. The number of anilines is 1. The van der Waals surface area contributed by atoms with Gasteiger partial charge in [0.15, 0.2) is 0 Å². The fourth-order valence-electron chi connectivity index (χ4n) is 1.65. The Bertz CT molecular complexity index is 763. The highest BCUT2D eigenvalue weighted by Gasteiger charge is 2.19. The summed E-state index contributed by atoms with van der Waals surface area (Å²) in [5, 5.41) is 10.1. The average molecular weight is 341 g/mol. The number of rotatable bonds is 6. The number of hydrogen-bond acceptors (Lipinski definition) is 5. The number of carboxylic acid groups (broad SMARTS) is 1. The third kappa shape index (κ3) is 3.99. The molecule has 0 saturated heterocycles. The van der Waals surface area contributed by atoms with Gasteiger partial charge in [-0.1, -0.05) is 0 Å². The van der Waals surface area contributed by atoms with Crippen molar-refractivity contribution in [3.8, 4) is 5.75 Å². The van der Waals surface area contributed by atoms with Gasteiger partial charge in [-0.25, -0.2) is 13.2 Å². The topological polar surface area (TPSA) is 92.7 Å².